The van der Waals surface area contributed by atoms with Crippen molar-refractivity contribution in [1.82, 2.24) is 0 Å². The fraction of sp³-hybridized carbons (Fsp3) is 0.600. The molecule has 1 atom stereocenters. The molecule has 0 fully saturated rings. The molecule has 1 aliphatic carbocycles. The molecule has 0 aromatic rings. The molecular formula is C15H22O2. The third-order valence-corrected chi connectivity index (χ3v) is 3.49. The Morgan fingerprint density at radius 1 is 1.47 bits per heavy atom. The molecule has 94 valence electrons. The van der Waals surface area contributed by atoms with Gasteiger partial charge in [-0.25, -0.2) is 0 Å². The second-order valence-corrected chi connectivity index (χ2v) is 5.66. The SMILES string of the molecule is CC(=O)CC(=O)/C=C/C1C(C)=CCCC1(C)C. The Balaban J connectivity index is 2.75. The number of Topliss-reactive ketones (excluding diaryl/α,β-unsaturated/α-hetero) is 1. The van der Waals surface area contributed by atoms with E-state index in [-0.39, 0.29) is 23.4 Å². The van der Waals surface area contributed by atoms with E-state index >= 15 is 0 Å². The first-order valence-electron chi connectivity index (χ1n) is 6.20. The van der Waals surface area contributed by atoms with Gasteiger partial charge in [-0.2, -0.15) is 0 Å². The third kappa shape index (κ3) is 3.95. The summed E-state index contributed by atoms with van der Waals surface area (Å²) in [4.78, 5) is 22.3. The summed E-state index contributed by atoms with van der Waals surface area (Å²) in [5.41, 5.74) is 1.53. The maximum Gasteiger partial charge on any atom is 0.162 e. The van der Waals surface area contributed by atoms with Crippen LogP contribution in [-0.2, 0) is 9.59 Å². The van der Waals surface area contributed by atoms with Crippen molar-refractivity contribution in [3.8, 4) is 0 Å². The molecule has 0 heterocycles. The first-order valence-corrected chi connectivity index (χ1v) is 6.20. The largest absolute Gasteiger partial charge is 0.300 e. The Labute approximate surface area is 104 Å². The monoisotopic (exact) mass is 234 g/mol. The van der Waals surface area contributed by atoms with Crippen molar-refractivity contribution < 1.29 is 9.59 Å². The quantitative estimate of drug-likeness (QED) is 0.424. The number of rotatable bonds is 4. The van der Waals surface area contributed by atoms with Gasteiger partial charge in [-0.05, 0) is 38.2 Å². The van der Waals surface area contributed by atoms with Crippen LogP contribution in [0.15, 0.2) is 23.8 Å². The Morgan fingerprint density at radius 2 is 2.12 bits per heavy atom. The molecule has 17 heavy (non-hydrogen) atoms. The highest BCUT2D eigenvalue weighted by molar-refractivity contribution is 6.03. The number of allylic oxidation sites excluding steroid dienone is 4. The van der Waals surface area contributed by atoms with Gasteiger partial charge in [0, 0.05) is 5.92 Å². The highest BCUT2D eigenvalue weighted by atomic mass is 16.1. The van der Waals surface area contributed by atoms with Crippen LogP contribution in [-0.4, -0.2) is 11.6 Å². The lowest BCUT2D eigenvalue weighted by molar-refractivity contribution is -0.123. The summed E-state index contributed by atoms with van der Waals surface area (Å²) >= 11 is 0. The van der Waals surface area contributed by atoms with Gasteiger partial charge in [0.25, 0.3) is 0 Å². The molecule has 1 unspecified atom stereocenters. The van der Waals surface area contributed by atoms with Gasteiger partial charge in [-0.3, -0.25) is 9.59 Å². The predicted molar refractivity (Wildman–Crippen MR) is 69.7 cm³/mol. The first kappa shape index (κ1) is 13.9. The Hall–Kier alpha value is -1.18. The first-order chi connectivity index (χ1) is 7.83. The highest BCUT2D eigenvalue weighted by Crippen LogP contribution is 2.41. The minimum absolute atomic E-state index is 0.0202. The molecule has 0 radical (unpaired) electrons. The highest BCUT2D eigenvalue weighted by Gasteiger charge is 2.30. The summed E-state index contributed by atoms with van der Waals surface area (Å²) in [6.07, 6.45) is 8.07. The maximum atomic E-state index is 11.5. The van der Waals surface area contributed by atoms with E-state index in [1.807, 2.05) is 6.08 Å². The minimum atomic E-state index is -0.0910. The number of hydrogen-bond acceptors (Lipinski definition) is 2. The van der Waals surface area contributed by atoms with Gasteiger partial charge in [0.1, 0.15) is 5.78 Å². The van der Waals surface area contributed by atoms with Crippen molar-refractivity contribution in [3.63, 3.8) is 0 Å². The molecule has 0 saturated heterocycles. The molecule has 0 aliphatic heterocycles. The van der Waals surface area contributed by atoms with Crippen molar-refractivity contribution in [2.75, 3.05) is 0 Å². The van der Waals surface area contributed by atoms with Gasteiger partial charge < -0.3 is 0 Å². The molecular weight excluding hydrogens is 212 g/mol. The Bertz CT molecular complexity index is 372. The van der Waals surface area contributed by atoms with E-state index in [2.05, 4.69) is 26.8 Å². The van der Waals surface area contributed by atoms with Gasteiger partial charge in [-0.1, -0.05) is 31.6 Å². The van der Waals surface area contributed by atoms with Crippen LogP contribution in [0.1, 0.15) is 47.0 Å². The van der Waals surface area contributed by atoms with Crippen LogP contribution in [0, 0.1) is 11.3 Å². The van der Waals surface area contributed by atoms with Gasteiger partial charge in [0.2, 0.25) is 0 Å². The average Bonchev–Trinajstić information content (AvgIpc) is 2.14. The topological polar surface area (TPSA) is 34.1 Å². The second-order valence-electron chi connectivity index (χ2n) is 5.66. The van der Waals surface area contributed by atoms with Crippen LogP contribution in [0.25, 0.3) is 0 Å². The van der Waals surface area contributed by atoms with E-state index in [0.717, 1.165) is 12.8 Å². The summed E-state index contributed by atoms with van der Waals surface area (Å²) in [7, 11) is 0. The lowest BCUT2D eigenvalue weighted by Crippen LogP contribution is -2.26. The molecule has 0 aromatic heterocycles. The van der Waals surface area contributed by atoms with Crippen molar-refractivity contribution in [3.05, 3.63) is 23.8 Å². The summed E-state index contributed by atoms with van der Waals surface area (Å²) < 4.78 is 0. The molecule has 2 heteroatoms. The standard InChI is InChI=1S/C15H22O2/c1-11-6-5-9-15(3,4)14(11)8-7-13(17)10-12(2)16/h6-8,14H,5,9-10H2,1-4H3/b8-7+. The predicted octanol–water partition coefficient (Wildman–Crippen LogP) is 3.47. The number of ketones is 2. The van der Waals surface area contributed by atoms with Crippen LogP contribution in [0.2, 0.25) is 0 Å². The van der Waals surface area contributed by atoms with Crippen LogP contribution in [0.4, 0.5) is 0 Å². The van der Waals surface area contributed by atoms with E-state index in [9.17, 15) is 9.59 Å². The Morgan fingerprint density at radius 3 is 2.65 bits per heavy atom. The molecule has 0 spiro atoms. The van der Waals surface area contributed by atoms with Crippen molar-refractivity contribution >= 4 is 11.6 Å². The van der Waals surface area contributed by atoms with Crippen LogP contribution < -0.4 is 0 Å². The van der Waals surface area contributed by atoms with E-state index in [1.54, 1.807) is 6.08 Å². The van der Waals surface area contributed by atoms with Gasteiger partial charge in [0.15, 0.2) is 5.78 Å². The molecule has 1 aliphatic rings. The number of carbonyl (C=O) groups excluding carboxylic acids is 2. The molecule has 0 aromatic carbocycles. The van der Waals surface area contributed by atoms with Gasteiger partial charge >= 0.3 is 0 Å². The van der Waals surface area contributed by atoms with Gasteiger partial charge in [0.05, 0.1) is 6.42 Å². The summed E-state index contributed by atoms with van der Waals surface area (Å²) in [6.45, 7) is 8.02. The smallest absolute Gasteiger partial charge is 0.162 e. The molecule has 0 N–H and O–H groups in total. The maximum absolute atomic E-state index is 11.5. The van der Waals surface area contributed by atoms with Crippen molar-refractivity contribution in [1.29, 1.82) is 0 Å². The lowest BCUT2D eigenvalue weighted by atomic mass is 9.68. The number of carbonyl (C=O) groups is 2. The van der Waals surface area contributed by atoms with Crippen molar-refractivity contribution in [2.24, 2.45) is 11.3 Å². The van der Waals surface area contributed by atoms with E-state index in [1.165, 1.54) is 12.5 Å². The van der Waals surface area contributed by atoms with Crippen LogP contribution in [0.5, 0.6) is 0 Å². The van der Waals surface area contributed by atoms with Crippen LogP contribution >= 0.6 is 0 Å². The normalized spacial score (nSPS) is 23.5. The van der Waals surface area contributed by atoms with E-state index < -0.39 is 0 Å². The van der Waals surface area contributed by atoms with Crippen LogP contribution in [0.3, 0.4) is 0 Å². The Kier molecular flexibility index (Phi) is 4.44. The summed E-state index contributed by atoms with van der Waals surface area (Å²) in [5, 5.41) is 0. The third-order valence-electron chi connectivity index (χ3n) is 3.49. The summed E-state index contributed by atoms with van der Waals surface area (Å²) in [5.74, 6) is 0.147. The lowest BCUT2D eigenvalue weighted by Gasteiger charge is -2.36. The zero-order valence-corrected chi connectivity index (χ0v) is 11.2. The fourth-order valence-corrected chi connectivity index (χ4v) is 2.49. The molecule has 2 nitrogen and oxygen atoms in total. The minimum Gasteiger partial charge on any atom is -0.300 e. The van der Waals surface area contributed by atoms with Gasteiger partial charge in [-0.15, -0.1) is 0 Å². The van der Waals surface area contributed by atoms with E-state index in [4.69, 9.17) is 0 Å². The van der Waals surface area contributed by atoms with E-state index in [0.29, 0.717) is 5.92 Å². The second kappa shape index (κ2) is 5.44. The fourth-order valence-electron chi connectivity index (χ4n) is 2.49. The molecule has 0 amide bonds. The average molecular weight is 234 g/mol. The zero-order chi connectivity index (χ0) is 13.1. The molecule has 1 rings (SSSR count). The summed E-state index contributed by atoms with van der Waals surface area (Å²) in [6, 6.07) is 0. The zero-order valence-electron chi connectivity index (χ0n) is 11.2. The molecule has 0 saturated carbocycles. The molecule has 0 bridgehead atoms. The van der Waals surface area contributed by atoms with Crippen molar-refractivity contribution in [2.45, 2.75) is 47.0 Å². The number of hydrogen-bond donors (Lipinski definition) is 0.